The second-order valence-electron chi connectivity index (χ2n) is 7.35. The van der Waals surface area contributed by atoms with E-state index < -0.39 is 15.7 Å². The summed E-state index contributed by atoms with van der Waals surface area (Å²) in [4.78, 5) is 18.1. The molecular weight excluding hydrogens is 459 g/mol. The molecular formula is C25H21FN2O3S2. The molecule has 4 rings (SSSR count). The van der Waals surface area contributed by atoms with Crippen molar-refractivity contribution in [2.24, 2.45) is 0 Å². The maximum absolute atomic E-state index is 13.0. The highest BCUT2D eigenvalue weighted by Gasteiger charge is 2.18. The minimum Gasteiger partial charge on any atom is -0.302 e. The van der Waals surface area contributed by atoms with Crippen molar-refractivity contribution in [3.63, 3.8) is 0 Å². The molecule has 0 spiro atoms. The predicted octanol–water partition coefficient (Wildman–Crippen LogP) is 5.81. The van der Waals surface area contributed by atoms with Gasteiger partial charge in [0.1, 0.15) is 5.82 Å². The molecule has 0 bridgehead atoms. The number of carbonyl (C=O) groups excluding carboxylic acids is 1. The summed E-state index contributed by atoms with van der Waals surface area (Å²) in [6, 6.07) is 24.2. The molecule has 3 aromatic carbocycles. The van der Waals surface area contributed by atoms with E-state index in [-0.39, 0.29) is 29.4 Å². The Balaban J connectivity index is 1.45. The van der Waals surface area contributed by atoms with Crippen LogP contribution in [-0.4, -0.2) is 25.1 Å². The fraction of sp³-hybridized carbons (Fsp3) is 0.120. The number of carbonyl (C=O) groups is 1. The Kier molecular flexibility index (Phi) is 6.96. The molecule has 1 heterocycles. The minimum absolute atomic E-state index is 0.0291. The summed E-state index contributed by atoms with van der Waals surface area (Å²) >= 11 is 1.38. The third-order valence-electron chi connectivity index (χ3n) is 4.95. The van der Waals surface area contributed by atoms with E-state index in [2.05, 4.69) is 10.3 Å². The van der Waals surface area contributed by atoms with Crippen LogP contribution in [0, 0.1) is 5.82 Å². The van der Waals surface area contributed by atoms with E-state index in [0.29, 0.717) is 5.13 Å². The Morgan fingerprint density at radius 3 is 2.12 bits per heavy atom. The monoisotopic (exact) mass is 480 g/mol. The molecule has 8 heteroatoms. The second kappa shape index (κ2) is 10.1. The Bertz CT molecular complexity index is 1280. The van der Waals surface area contributed by atoms with E-state index in [1.54, 1.807) is 0 Å². The third-order valence-corrected chi connectivity index (χ3v) is 7.78. The highest BCUT2D eigenvalue weighted by atomic mass is 32.2. The molecule has 0 aliphatic heterocycles. The van der Waals surface area contributed by atoms with Gasteiger partial charge in [0.25, 0.3) is 0 Å². The SMILES string of the molecule is O=C(CCCS(=O)(=O)c1ccc(F)cc1)Nc1nc(-c2ccccc2)c(-c2ccccc2)s1. The topological polar surface area (TPSA) is 76.1 Å². The zero-order valence-corrected chi connectivity index (χ0v) is 19.2. The number of aromatic nitrogens is 1. The summed E-state index contributed by atoms with van der Waals surface area (Å²) in [5.41, 5.74) is 2.72. The van der Waals surface area contributed by atoms with Gasteiger partial charge in [-0.1, -0.05) is 72.0 Å². The van der Waals surface area contributed by atoms with E-state index in [1.165, 1.54) is 23.5 Å². The molecule has 0 radical (unpaired) electrons. The largest absolute Gasteiger partial charge is 0.302 e. The van der Waals surface area contributed by atoms with Crippen LogP contribution in [0.25, 0.3) is 21.7 Å². The molecule has 0 saturated heterocycles. The van der Waals surface area contributed by atoms with Crippen molar-refractivity contribution in [1.82, 2.24) is 4.98 Å². The lowest BCUT2D eigenvalue weighted by Gasteiger charge is -2.05. The number of benzene rings is 3. The second-order valence-corrected chi connectivity index (χ2v) is 10.5. The van der Waals surface area contributed by atoms with Gasteiger partial charge in [0.05, 0.1) is 21.2 Å². The molecule has 0 fully saturated rings. The molecule has 0 aliphatic rings. The van der Waals surface area contributed by atoms with Crippen LogP contribution < -0.4 is 5.32 Å². The van der Waals surface area contributed by atoms with Crippen molar-refractivity contribution < 1.29 is 17.6 Å². The quantitative estimate of drug-likeness (QED) is 0.323. The van der Waals surface area contributed by atoms with E-state index in [0.717, 1.165) is 33.8 Å². The van der Waals surface area contributed by atoms with Crippen molar-refractivity contribution in [3.05, 3.63) is 90.7 Å². The van der Waals surface area contributed by atoms with Crippen molar-refractivity contribution in [2.75, 3.05) is 11.1 Å². The normalized spacial score (nSPS) is 11.3. The summed E-state index contributed by atoms with van der Waals surface area (Å²) in [5, 5.41) is 3.26. The zero-order chi connectivity index (χ0) is 23.3. The van der Waals surface area contributed by atoms with E-state index >= 15 is 0 Å². The van der Waals surface area contributed by atoms with Crippen LogP contribution in [0.1, 0.15) is 12.8 Å². The molecule has 1 N–H and O–H groups in total. The van der Waals surface area contributed by atoms with Gasteiger partial charge in [0.15, 0.2) is 15.0 Å². The van der Waals surface area contributed by atoms with Gasteiger partial charge >= 0.3 is 0 Å². The smallest absolute Gasteiger partial charge is 0.226 e. The molecule has 1 amide bonds. The number of rotatable bonds is 8. The number of nitrogens with zero attached hydrogens (tertiary/aromatic N) is 1. The highest BCUT2D eigenvalue weighted by Crippen LogP contribution is 2.38. The van der Waals surface area contributed by atoms with Gasteiger partial charge in [-0.05, 0) is 36.2 Å². The average molecular weight is 481 g/mol. The zero-order valence-electron chi connectivity index (χ0n) is 17.6. The molecule has 1 aromatic heterocycles. The summed E-state index contributed by atoms with van der Waals surface area (Å²) in [7, 11) is -3.58. The van der Waals surface area contributed by atoms with Crippen LogP contribution >= 0.6 is 11.3 Å². The number of sulfone groups is 1. The van der Waals surface area contributed by atoms with Crippen LogP contribution in [0.5, 0.6) is 0 Å². The molecule has 0 saturated carbocycles. The van der Waals surface area contributed by atoms with Crippen molar-refractivity contribution >= 4 is 32.2 Å². The summed E-state index contributed by atoms with van der Waals surface area (Å²) in [6.07, 6.45) is 0.176. The fourth-order valence-corrected chi connectivity index (χ4v) is 5.63. The minimum atomic E-state index is -3.58. The maximum Gasteiger partial charge on any atom is 0.226 e. The number of anilines is 1. The number of hydrogen-bond donors (Lipinski definition) is 1. The van der Waals surface area contributed by atoms with Crippen LogP contribution in [0.15, 0.2) is 89.8 Å². The number of hydrogen-bond acceptors (Lipinski definition) is 5. The summed E-state index contributed by atoms with van der Waals surface area (Å²) in [5.74, 6) is -1.01. The number of amides is 1. The average Bonchev–Trinajstić information content (AvgIpc) is 3.24. The van der Waals surface area contributed by atoms with Crippen molar-refractivity contribution in [1.29, 1.82) is 0 Å². The first-order chi connectivity index (χ1) is 15.9. The van der Waals surface area contributed by atoms with Gasteiger partial charge < -0.3 is 5.32 Å². The lowest BCUT2D eigenvalue weighted by molar-refractivity contribution is -0.116. The van der Waals surface area contributed by atoms with Crippen LogP contribution in [0.3, 0.4) is 0 Å². The van der Waals surface area contributed by atoms with Gasteiger partial charge in [-0.15, -0.1) is 0 Å². The van der Waals surface area contributed by atoms with Gasteiger partial charge in [-0.3, -0.25) is 4.79 Å². The van der Waals surface area contributed by atoms with Crippen LogP contribution in [0.4, 0.5) is 9.52 Å². The third kappa shape index (κ3) is 5.71. The van der Waals surface area contributed by atoms with Crippen LogP contribution in [0.2, 0.25) is 0 Å². The molecule has 33 heavy (non-hydrogen) atoms. The molecule has 5 nitrogen and oxygen atoms in total. The molecule has 168 valence electrons. The first-order valence-electron chi connectivity index (χ1n) is 10.3. The van der Waals surface area contributed by atoms with Gasteiger partial charge in [-0.25, -0.2) is 17.8 Å². The number of halogens is 1. The molecule has 0 atom stereocenters. The van der Waals surface area contributed by atoms with Crippen LogP contribution in [-0.2, 0) is 14.6 Å². The van der Waals surface area contributed by atoms with Gasteiger partial charge in [0.2, 0.25) is 5.91 Å². The summed E-state index contributed by atoms with van der Waals surface area (Å²) in [6.45, 7) is 0. The van der Waals surface area contributed by atoms with Crippen molar-refractivity contribution in [2.45, 2.75) is 17.7 Å². The maximum atomic E-state index is 13.0. The van der Waals surface area contributed by atoms with Crippen molar-refractivity contribution in [3.8, 4) is 21.7 Å². The lowest BCUT2D eigenvalue weighted by Crippen LogP contribution is -2.14. The highest BCUT2D eigenvalue weighted by molar-refractivity contribution is 7.91. The fourth-order valence-electron chi connectivity index (χ4n) is 3.31. The van der Waals surface area contributed by atoms with Gasteiger partial charge in [0, 0.05) is 12.0 Å². The van der Waals surface area contributed by atoms with E-state index in [9.17, 15) is 17.6 Å². The first kappa shape index (κ1) is 22.8. The standard InChI is InChI=1S/C25H21FN2O3S2/c26-20-13-15-21(16-14-20)33(30,31)17-7-12-22(29)27-25-28-23(18-8-3-1-4-9-18)24(32-25)19-10-5-2-6-11-19/h1-6,8-11,13-16H,7,12,17H2,(H,27,28,29). The number of thiazole rings is 1. The Morgan fingerprint density at radius 1 is 0.879 bits per heavy atom. The number of nitrogens with one attached hydrogen (secondary N) is 1. The Labute approximate surface area is 195 Å². The first-order valence-corrected chi connectivity index (χ1v) is 12.8. The molecule has 4 aromatic rings. The predicted molar refractivity (Wildman–Crippen MR) is 129 cm³/mol. The lowest BCUT2D eigenvalue weighted by atomic mass is 10.1. The summed E-state index contributed by atoms with van der Waals surface area (Å²) < 4.78 is 37.8. The van der Waals surface area contributed by atoms with Gasteiger partial charge in [-0.2, -0.15) is 0 Å². The Morgan fingerprint density at radius 2 is 1.48 bits per heavy atom. The Hall–Kier alpha value is -3.36. The molecule has 0 aliphatic carbocycles. The van der Waals surface area contributed by atoms with E-state index in [4.69, 9.17) is 0 Å². The van der Waals surface area contributed by atoms with E-state index in [1.807, 2.05) is 60.7 Å². The molecule has 0 unspecified atom stereocenters.